The average molecular weight is 560 g/mol. The van der Waals surface area contributed by atoms with Crippen LogP contribution in [0.15, 0.2) is 53.5 Å². The Bertz CT molecular complexity index is 855. The van der Waals surface area contributed by atoms with Gasteiger partial charge >= 0.3 is 6.61 Å². The van der Waals surface area contributed by atoms with Crippen molar-refractivity contribution < 1.29 is 18.3 Å². The van der Waals surface area contributed by atoms with E-state index in [0.717, 1.165) is 26.1 Å². The molecule has 1 atom stereocenters. The van der Waals surface area contributed by atoms with Crippen molar-refractivity contribution >= 4 is 35.6 Å². The predicted octanol–water partition coefficient (Wildman–Crippen LogP) is 4.50. The molecule has 2 N–H and O–H groups in total. The lowest BCUT2D eigenvalue weighted by Gasteiger charge is -2.19. The zero-order chi connectivity index (χ0) is 22.1. The molecule has 2 aromatic carbocycles. The van der Waals surface area contributed by atoms with Gasteiger partial charge in [-0.15, -0.1) is 24.0 Å². The molecule has 0 spiro atoms. The highest BCUT2D eigenvalue weighted by atomic mass is 127. The number of guanidine groups is 1. The van der Waals surface area contributed by atoms with Crippen molar-refractivity contribution in [1.29, 1.82) is 0 Å². The van der Waals surface area contributed by atoms with Crippen molar-refractivity contribution in [3.8, 4) is 11.5 Å². The number of hydrogen-bond donors (Lipinski definition) is 2. The lowest BCUT2D eigenvalue weighted by molar-refractivity contribution is -0.0504. The lowest BCUT2D eigenvalue weighted by atomic mass is 10.1. The molecular formula is C23H31F2IN4O2. The van der Waals surface area contributed by atoms with Gasteiger partial charge in [0.25, 0.3) is 0 Å². The molecule has 1 heterocycles. The minimum absolute atomic E-state index is 0. The summed E-state index contributed by atoms with van der Waals surface area (Å²) in [5, 5.41) is 6.60. The van der Waals surface area contributed by atoms with Crippen LogP contribution in [0.3, 0.4) is 0 Å². The highest BCUT2D eigenvalue weighted by molar-refractivity contribution is 14.0. The van der Waals surface area contributed by atoms with Gasteiger partial charge < -0.3 is 25.0 Å². The molecule has 1 aliphatic heterocycles. The van der Waals surface area contributed by atoms with Crippen LogP contribution in [-0.2, 0) is 6.54 Å². The Labute approximate surface area is 205 Å². The van der Waals surface area contributed by atoms with Gasteiger partial charge in [-0.3, -0.25) is 0 Å². The van der Waals surface area contributed by atoms with Gasteiger partial charge in [-0.25, -0.2) is 4.99 Å². The second-order valence-electron chi connectivity index (χ2n) is 7.36. The number of benzene rings is 2. The molecule has 1 unspecified atom stereocenters. The summed E-state index contributed by atoms with van der Waals surface area (Å²) in [6, 6.07) is 15.1. The molecule has 0 saturated carbocycles. The number of alkyl halides is 2. The lowest BCUT2D eigenvalue weighted by Crippen LogP contribution is -2.40. The van der Waals surface area contributed by atoms with Crippen LogP contribution >= 0.6 is 24.0 Å². The van der Waals surface area contributed by atoms with Gasteiger partial charge in [0.05, 0.1) is 13.7 Å². The zero-order valence-corrected chi connectivity index (χ0v) is 20.7. The summed E-state index contributed by atoms with van der Waals surface area (Å²) >= 11 is 0. The fraction of sp³-hybridized carbons (Fsp3) is 0.435. The number of aliphatic imine (C=N–C) groups is 1. The van der Waals surface area contributed by atoms with Gasteiger partial charge in [-0.2, -0.15) is 8.78 Å². The standard InChI is InChI=1S/C23H30F2N4O2.HI/c1-3-26-23(27-14-17-11-12-29(16-17)19-7-5-4-6-8-19)28-15-18-13-20(30-2)9-10-21(18)31-22(24)25;/h4-10,13,17,22H,3,11-12,14-16H2,1-2H3,(H2,26,27,28);1H. The van der Waals surface area contributed by atoms with Crippen LogP contribution in [0.4, 0.5) is 14.5 Å². The van der Waals surface area contributed by atoms with E-state index in [1.54, 1.807) is 12.1 Å². The first kappa shape index (κ1) is 26.0. The molecule has 3 rings (SSSR count). The maximum absolute atomic E-state index is 12.7. The largest absolute Gasteiger partial charge is 0.497 e. The molecule has 0 amide bonds. The summed E-state index contributed by atoms with van der Waals surface area (Å²) in [6.07, 6.45) is 1.10. The highest BCUT2D eigenvalue weighted by Gasteiger charge is 2.22. The van der Waals surface area contributed by atoms with Gasteiger partial charge in [0, 0.05) is 37.4 Å². The Morgan fingerprint density at radius 1 is 1.19 bits per heavy atom. The van der Waals surface area contributed by atoms with E-state index < -0.39 is 6.61 Å². The van der Waals surface area contributed by atoms with Gasteiger partial charge in [0.15, 0.2) is 5.96 Å². The molecule has 0 aliphatic carbocycles. The molecule has 0 bridgehead atoms. The number of nitrogens with one attached hydrogen (secondary N) is 2. The van der Waals surface area contributed by atoms with E-state index in [1.165, 1.54) is 18.9 Å². The monoisotopic (exact) mass is 560 g/mol. The Kier molecular flexibility index (Phi) is 10.8. The summed E-state index contributed by atoms with van der Waals surface area (Å²) in [6.45, 7) is 2.79. The minimum atomic E-state index is -2.89. The molecule has 1 saturated heterocycles. The normalized spacial score (nSPS) is 16.0. The predicted molar refractivity (Wildman–Crippen MR) is 135 cm³/mol. The van der Waals surface area contributed by atoms with Crippen LogP contribution in [0.2, 0.25) is 0 Å². The number of rotatable bonds is 9. The Hall–Kier alpha value is -2.30. The van der Waals surface area contributed by atoms with Crippen molar-refractivity contribution in [1.82, 2.24) is 10.6 Å². The molecule has 6 nitrogen and oxygen atoms in total. The maximum atomic E-state index is 12.7. The zero-order valence-electron chi connectivity index (χ0n) is 18.4. The van der Waals surface area contributed by atoms with Crippen LogP contribution in [0.25, 0.3) is 0 Å². The van der Waals surface area contributed by atoms with E-state index in [9.17, 15) is 8.78 Å². The first-order valence-electron chi connectivity index (χ1n) is 10.5. The summed E-state index contributed by atoms with van der Waals surface area (Å²) in [5.74, 6) is 1.81. The number of halogens is 3. The second kappa shape index (κ2) is 13.3. The Morgan fingerprint density at radius 3 is 2.66 bits per heavy atom. The Morgan fingerprint density at radius 2 is 1.97 bits per heavy atom. The van der Waals surface area contributed by atoms with Crippen LogP contribution in [-0.4, -0.2) is 45.9 Å². The molecule has 2 aromatic rings. The first-order chi connectivity index (χ1) is 15.1. The maximum Gasteiger partial charge on any atom is 0.387 e. The molecule has 0 radical (unpaired) electrons. The third kappa shape index (κ3) is 7.68. The Balaban J connectivity index is 0.00000363. The van der Waals surface area contributed by atoms with E-state index in [2.05, 4.69) is 49.5 Å². The van der Waals surface area contributed by atoms with Crippen LogP contribution in [0, 0.1) is 5.92 Å². The van der Waals surface area contributed by atoms with Crippen molar-refractivity contribution in [2.75, 3.05) is 38.2 Å². The highest BCUT2D eigenvalue weighted by Crippen LogP contribution is 2.26. The van der Waals surface area contributed by atoms with Crippen molar-refractivity contribution in [2.24, 2.45) is 10.9 Å². The molecule has 176 valence electrons. The van der Waals surface area contributed by atoms with Crippen LogP contribution in [0.5, 0.6) is 11.5 Å². The topological polar surface area (TPSA) is 58.1 Å². The van der Waals surface area contributed by atoms with Gasteiger partial charge in [0.2, 0.25) is 0 Å². The van der Waals surface area contributed by atoms with E-state index in [0.29, 0.717) is 29.7 Å². The summed E-state index contributed by atoms with van der Waals surface area (Å²) in [7, 11) is 1.53. The summed E-state index contributed by atoms with van der Waals surface area (Å²) < 4.78 is 35.3. The number of methoxy groups -OCH3 is 1. The first-order valence-corrected chi connectivity index (χ1v) is 10.5. The third-order valence-electron chi connectivity index (χ3n) is 5.20. The number of nitrogens with zero attached hydrogens (tertiary/aromatic N) is 2. The molecule has 0 aromatic heterocycles. The molecule has 9 heteroatoms. The second-order valence-corrected chi connectivity index (χ2v) is 7.36. The quantitative estimate of drug-likeness (QED) is 0.269. The summed E-state index contributed by atoms with van der Waals surface area (Å²) in [4.78, 5) is 6.96. The molecular weight excluding hydrogens is 529 g/mol. The average Bonchev–Trinajstić information content (AvgIpc) is 3.26. The minimum Gasteiger partial charge on any atom is -0.497 e. The van der Waals surface area contributed by atoms with Crippen molar-refractivity contribution in [2.45, 2.75) is 26.5 Å². The summed E-state index contributed by atoms with van der Waals surface area (Å²) in [5.41, 5.74) is 1.78. The number of para-hydroxylation sites is 1. The van der Waals surface area contributed by atoms with E-state index in [-0.39, 0.29) is 36.3 Å². The smallest absolute Gasteiger partial charge is 0.387 e. The van der Waals surface area contributed by atoms with Gasteiger partial charge in [-0.05, 0) is 49.6 Å². The van der Waals surface area contributed by atoms with Gasteiger partial charge in [0.1, 0.15) is 11.5 Å². The number of ether oxygens (including phenoxy) is 2. The molecule has 1 fully saturated rings. The van der Waals surface area contributed by atoms with E-state index in [1.807, 2.05) is 13.0 Å². The molecule has 1 aliphatic rings. The molecule has 32 heavy (non-hydrogen) atoms. The SMILES string of the molecule is CCNC(=NCc1cc(OC)ccc1OC(F)F)NCC1CCN(c2ccccc2)C1.I. The number of hydrogen-bond acceptors (Lipinski definition) is 4. The fourth-order valence-electron chi connectivity index (χ4n) is 3.64. The third-order valence-corrected chi connectivity index (χ3v) is 5.20. The van der Waals surface area contributed by atoms with Gasteiger partial charge in [-0.1, -0.05) is 18.2 Å². The van der Waals surface area contributed by atoms with Crippen LogP contribution in [0.1, 0.15) is 18.9 Å². The van der Waals surface area contributed by atoms with Crippen molar-refractivity contribution in [3.05, 3.63) is 54.1 Å². The fourth-order valence-corrected chi connectivity index (χ4v) is 3.64. The number of anilines is 1. The van der Waals surface area contributed by atoms with E-state index >= 15 is 0 Å². The van der Waals surface area contributed by atoms with E-state index in [4.69, 9.17) is 4.74 Å². The van der Waals surface area contributed by atoms with Crippen LogP contribution < -0.4 is 25.0 Å². The van der Waals surface area contributed by atoms with Crippen molar-refractivity contribution in [3.63, 3.8) is 0 Å².